The summed E-state index contributed by atoms with van der Waals surface area (Å²) in [5.41, 5.74) is 6.70. The zero-order valence-corrected chi connectivity index (χ0v) is 22.4. The Morgan fingerprint density at radius 2 is 1.30 bits per heavy atom. The summed E-state index contributed by atoms with van der Waals surface area (Å²) in [6.45, 7) is 14.1. The first-order valence-corrected chi connectivity index (χ1v) is 15.1. The summed E-state index contributed by atoms with van der Waals surface area (Å²) < 4.78 is 0. The molecule has 0 heterocycles. The minimum absolute atomic E-state index is 0.0377. The lowest BCUT2D eigenvalue weighted by Crippen LogP contribution is -2.76. The third kappa shape index (κ3) is 4.10. The van der Waals surface area contributed by atoms with E-state index in [1.807, 2.05) is 0 Å². The smallest absolute Gasteiger partial charge is 0.194 e. The van der Waals surface area contributed by atoms with Crippen molar-refractivity contribution < 1.29 is 0 Å². The van der Waals surface area contributed by atoms with Gasteiger partial charge in [0.1, 0.15) is 0 Å². The van der Waals surface area contributed by atoms with Gasteiger partial charge in [-0.3, -0.25) is 0 Å². The van der Waals surface area contributed by atoms with Crippen LogP contribution in [0.2, 0.25) is 5.54 Å². The van der Waals surface area contributed by atoms with Gasteiger partial charge in [0.2, 0.25) is 0 Å². The van der Waals surface area contributed by atoms with Gasteiger partial charge in [0, 0.05) is 5.54 Å². The normalized spacial score (nSPS) is 27.1. The third-order valence-electron chi connectivity index (χ3n) is 8.37. The SMILES string of the molecule is Cc1ccc([Si](NC(C)(C)C)(c2ccc(C)cc2)C2C(C)CC3C=C4CCCC4=CC32)cc1. The summed E-state index contributed by atoms with van der Waals surface area (Å²) in [7, 11) is -2.34. The van der Waals surface area contributed by atoms with Crippen LogP contribution < -0.4 is 15.4 Å². The van der Waals surface area contributed by atoms with Crippen LogP contribution in [-0.2, 0) is 0 Å². The number of benzene rings is 2. The van der Waals surface area contributed by atoms with Crippen molar-refractivity contribution in [3.8, 4) is 0 Å². The Balaban J connectivity index is 1.74. The molecule has 0 amide bonds. The molecule has 2 aromatic carbocycles. The highest BCUT2D eigenvalue weighted by Crippen LogP contribution is 2.55. The maximum absolute atomic E-state index is 4.40. The molecule has 4 unspecified atom stereocenters. The van der Waals surface area contributed by atoms with Crippen molar-refractivity contribution in [2.45, 2.75) is 78.3 Å². The van der Waals surface area contributed by atoms with Gasteiger partial charge in [-0.2, -0.15) is 0 Å². The van der Waals surface area contributed by atoms with Crippen LogP contribution in [0.4, 0.5) is 0 Å². The van der Waals surface area contributed by atoms with Gasteiger partial charge in [0.25, 0.3) is 0 Å². The minimum atomic E-state index is -2.34. The van der Waals surface area contributed by atoms with Crippen LogP contribution in [-0.4, -0.2) is 13.8 Å². The Morgan fingerprint density at radius 1 is 0.788 bits per heavy atom. The molecule has 0 aliphatic heterocycles. The Hall–Kier alpha value is -1.90. The summed E-state index contributed by atoms with van der Waals surface area (Å²) in [4.78, 5) is 4.40. The molecule has 1 nitrogen and oxygen atoms in total. The lowest BCUT2D eigenvalue weighted by molar-refractivity contribution is 0.481. The van der Waals surface area contributed by atoms with Crippen molar-refractivity contribution in [2.24, 2.45) is 17.8 Å². The van der Waals surface area contributed by atoms with E-state index in [0.29, 0.717) is 23.3 Å². The van der Waals surface area contributed by atoms with Crippen molar-refractivity contribution in [3.05, 3.63) is 83.0 Å². The van der Waals surface area contributed by atoms with E-state index in [-0.39, 0.29) is 5.54 Å². The first-order valence-electron chi connectivity index (χ1n) is 13.0. The predicted octanol–water partition coefficient (Wildman–Crippen LogP) is 6.44. The number of allylic oxidation sites excluding steroid dienone is 4. The third-order valence-corrected chi connectivity index (χ3v) is 14.0. The van der Waals surface area contributed by atoms with Gasteiger partial charge in [-0.25, -0.2) is 0 Å². The summed E-state index contributed by atoms with van der Waals surface area (Å²) in [6.07, 6.45) is 10.7. The summed E-state index contributed by atoms with van der Waals surface area (Å²) in [5.74, 6) is 2.03. The Bertz CT molecular complexity index is 1020. The van der Waals surface area contributed by atoms with Crippen molar-refractivity contribution >= 4 is 18.6 Å². The molecule has 0 spiro atoms. The fourth-order valence-electron chi connectivity index (χ4n) is 7.17. The maximum Gasteiger partial charge on any atom is 0.194 e. The topological polar surface area (TPSA) is 12.0 Å². The number of aryl methyl sites for hydroxylation is 2. The van der Waals surface area contributed by atoms with E-state index in [0.717, 1.165) is 0 Å². The summed E-state index contributed by atoms with van der Waals surface area (Å²) in [6, 6.07) is 19.1. The van der Waals surface area contributed by atoms with E-state index < -0.39 is 8.24 Å². The van der Waals surface area contributed by atoms with Crippen LogP contribution in [0.25, 0.3) is 0 Å². The molecule has 1 N–H and O–H groups in total. The fraction of sp³-hybridized carbons (Fsp3) is 0.484. The van der Waals surface area contributed by atoms with Gasteiger partial charge in [0.15, 0.2) is 8.24 Å². The quantitative estimate of drug-likeness (QED) is 0.523. The van der Waals surface area contributed by atoms with Gasteiger partial charge in [-0.1, -0.05) is 78.7 Å². The highest BCUT2D eigenvalue weighted by Gasteiger charge is 2.56. The molecule has 3 aliphatic rings. The largest absolute Gasteiger partial charge is 0.325 e. The molecule has 0 bridgehead atoms. The summed E-state index contributed by atoms with van der Waals surface area (Å²) >= 11 is 0. The van der Waals surface area contributed by atoms with Crippen molar-refractivity contribution in [3.63, 3.8) is 0 Å². The van der Waals surface area contributed by atoms with Crippen molar-refractivity contribution in [2.75, 3.05) is 0 Å². The van der Waals surface area contributed by atoms with Crippen LogP contribution in [0.1, 0.15) is 64.5 Å². The summed E-state index contributed by atoms with van der Waals surface area (Å²) in [5, 5.41) is 3.09. The molecular weight excluding hydrogens is 414 g/mol. The molecule has 2 fully saturated rings. The highest BCUT2D eigenvalue weighted by molar-refractivity contribution is 7.01. The van der Waals surface area contributed by atoms with E-state index in [1.54, 1.807) is 21.5 Å². The second kappa shape index (κ2) is 8.39. The molecule has 4 atom stereocenters. The molecule has 2 aromatic rings. The highest BCUT2D eigenvalue weighted by atomic mass is 28.3. The lowest BCUT2D eigenvalue weighted by atomic mass is 9.85. The average molecular weight is 456 g/mol. The van der Waals surface area contributed by atoms with E-state index >= 15 is 0 Å². The Labute approximate surface area is 202 Å². The van der Waals surface area contributed by atoms with Crippen molar-refractivity contribution in [1.82, 2.24) is 4.98 Å². The van der Waals surface area contributed by atoms with Crippen LogP contribution in [0.3, 0.4) is 0 Å². The first kappa shape index (κ1) is 22.9. The molecule has 33 heavy (non-hydrogen) atoms. The second-order valence-electron chi connectivity index (χ2n) is 12.1. The molecule has 2 heteroatoms. The van der Waals surface area contributed by atoms with E-state index in [9.17, 15) is 0 Å². The molecule has 5 rings (SSSR count). The fourth-order valence-corrected chi connectivity index (χ4v) is 13.2. The molecule has 2 saturated carbocycles. The first-order chi connectivity index (χ1) is 15.7. The number of fused-ring (bicyclic) bond motifs is 2. The Morgan fingerprint density at radius 3 is 1.82 bits per heavy atom. The van der Waals surface area contributed by atoms with Crippen molar-refractivity contribution in [1.29, 1.82) is 0 Å². The predicted molar refractivity (Wildman–Crippen MR) is 145 cm³/mol. The van der Waals surface area contributed by atoms with Crippen LogP contribution >= 0.6 is 0 Å². The van der Waals surface area contributed by atoms with E-state index in [1.165, 1.54) is 36.8 Å². The van der Waals surface area contributed by atoms with Crippen LogP contribution in [0.15, 0.2) is 71.8 Å². The molecule has 0 saturated heterocycles. The van der Waals surface area contributed by atoms with Gasteiger partial charge in [-0.05, 0) is 105 Å². The number of hydrogen-bond acceptors (Lipinski definition) is 1. The van der Waals surface area contributed by atoms with E-state index in [4.69, 9.17) is 0 Å². The van der Waals surface area contributed by atoms with Gasteiger partial charge >= 0.3 is 0 Å². The molecule has 0 radical (unpaired) electrons. The number of rotatable bonds is 4. The maximum atomic E-state index is 4.40. The monoisotopic (exact) mass is 455 g/mol. The second-order valence-corrected chi connectivity index (χ2v) is 15.8. The molecule has 174 valence electrons. The van der Waals surface area contributed by atoms with Gasteiger partial charge < -0.3 is 4.98 Å². The zero-order valence-electron chi connectivity index (χ0n) is 21.4. The molecule has 0 aromatic heterocycles. The number of nitrogens with one attached hydrogen (secondary N) is 1. The van der Waals surface area contributed by atoms with Crippen LogP contribution in [0, 0.1) is 31.6 Å². The lowest BCUT2D eigenvalue weighted by Gasteiger charge is -2.47. The zero-order chi connectivity index (χ0) is 23.4. The van der Waals surface area contributed by atoms with Crippen LogP contribution in [0.5, 0.6) is 0 Å². The molecule has 3 aliphatic carbocycles. The Kier molecular flexibility index (Phi) is 5.82. The van der Waals surface area contributed by atoms with Gasteiger partial charge in [-0.15, -0.1) is 0 Å². The minimum Gasteiger partial charge on any atom is -0.325 e. The number of hydrogen-bond donors (Lipinski definition) is 1. The molecular formula is C31H41NSi. The average Bonchev–Trinajstić information content (AvgIpc) is 3.33. The standard InChI is InChI=1S/C31H41NSi/c1-21-10-14-27(15-11-21)33(32-31(4,5)6,28-16-12-22(2)13-17-28)30-23(3)18-26-19-24-8-7-9-25(24)20-29(26)30/h10-17,19-20,23,26,29-30,32H,7-9,18H2,1-6H3. The van der Waals surface area contributed by atoms with Gasteiger partial charge in [0.05, 0.1) is 0 Å². The van der Waals surface area contributed by atoms with E-state index in [2.05, 4.69) is 107 Å².